The minimum Gasteiger partial charge on any atom is -0.389 e. The molecule has 246 valence electrons. The van der Waals surface area contributed by atoms with Gasteiger partial charge in [0.1, 0.15) is 10.8 Å². The highest BCUT2D eigenvalue weighted by Crippen LogP contribution is 2.19. The van der Waals surface area contributed by atoms with Crippen LogP contribution in [0.5, 0.6) is 0 Å². The number of aromatic nitrogens is 2. The number of carbonyl (C=O) groups is 3. The summed E-state index contributed by atoms with van der Waals surface area (Å²) in [5, 5.41) is 27.7. The van der Waals surface area contributed by atoms with Gasteiger partial charge in [-0.3, -0.25) is 14.4 Å². The van der Waals surface area contributed by atoms with Gasteiger partial charge in [0.2, 0.25) is 22.9 Å². The van der Waals surface area contributed by atoms with Crippen LogP contribution < -0.4 is 21.7 Å². The second-order valence-corrected chi connectivity index (χ2v) is 13.0. The molecule has 1 heterocycles. The molecule has 3 rings (SSSR count). The first kappa shape index (κ1) is 35.9. The van der Waals surface area contributed by atoms with Crippen molar-refractivity contribution < 1.29 is 19.5 Å². The highest BCUT2D eigenvalue weighted by molar-refractivity contribution is 7.15. The Balaban J connectivity index is 1.41. The molecule has 3 aromatic rings. The molecule has 3 amide bonds. The molecule has 0 saturated carbocycles. The summed E-state index contributed by atoms with van der Waals surface area (Å²) < 4.78 is 0. The summed E-state index contributed by atoms with van der Waals surface area (Å²) in [7, 11) is 3.94. The maximum absolute atomic E-state index is 12.7. The highest BCUT2D eigenvalue weighted by Gasteiger charge is 2.15. The highest BCUT2D eigenvalue weighted by atomic mass is 32.1. The zero-order chi connectivity index (χ0) is 33.5. The number of benzene rings is 2. The molecule has 0 aliphatic heterocycles. The molecule has 0 radical (unpaired) electrons. The van der Waals surface area contributed by atoms with Crippen molar-refractivity contribution in [2.75, 3.05) is 26.0 Å². The first-order valence-electron chi connectivity index (χ1n) is 15.2. The molecule has 0 aliphatic rings. The van der Waals surface area contributed by atoms with Crippen molar-refractivity contribution in [2.24, 2.45) is 5.73 Å². The maximum atomic E-state index is 12.7. The summed E-state index contributed by atoms with van der Waals surface area (Å²) in [6.45, 7) is 3.42. The molecule has 1 aromatic heterocycles. The largest absolute Gasteiger partial charge is 0.389 e. The third kappa shape index (κ3) is 14.0. The molecular weight excluding hydrogens is 602 g/mol. The predicted octanol–water partition coefficient (Wildman–Crippen LogP) is 3.47. The Morgan fingerprint density at radius 3 is 2.22 bits per heavy atom. The molecule has 0 atom stereocenters. The van der Waals surface area contributed by atoms with E-state index in [1.54, 1.807) is 19.9 Å². The van der Waals surface area contributed by atoms with Crippen molar-refractivity contribution >= 4 is 34.2 Å². The zero-order valence-electron chi connectivity index (χ0n) is 27.0. The van der Waals surface area contributed by atoms with E-state index in [0.717, 1.165) is 53.1 Å². The Morgan fingerprint density at radius 1 is 0.891 bits per heavy atom. The molecule has 0 spiro atoms. The van der Waals surface area contributed by atoms with E-state index >= 15 is 0 Å². The average Bonchev–Trinajstić information content (AvgIpc) is 3.42. The van der Waals surface area contributed by atoms with Gasteiger partial charge < -0.3 is 31.7 Å². The quantitative estimate of drug-likeness (QED) is 0.110. The lowest BCUT2D eigenvalue weighted by atomic mass is 10.0. The Morgan fingerprint density at radius 2 is 1.54 bits per heavy atom. The third-order valence-corrected chi connectivity index (χ3v) is 7.65. The van der Waals surface area contributed by atoms with Gasteiger partial charge in [0, 0.05) is 32.8 Å². The summed E-state index contributed by atoms with van der Waals surface area (Å²) >= 11 is 1.36. The number of hydrogen-bond acceptors (Lipinski definition) is 9. The predicted molar refractivity (Wildman–Crippen MR) is 182 cm³/mol. The second kappa shape index (κ2) is 17.8. The van der Waals surface area contributed by atoms with Gasteiger partial charge in [-0.15, -0.1) is 10.2 Å². The molecule has 0 fully saturated rings. The number of nitrogens with one attached hydrogen (secondary N) is 3. The Hall–Kier alpha value is -4.55. The van der Waals surface area contributed by atoms with E-state index in [1.165, 1.54) is 11.3 Å². The van der Waals surface area contributed by atoms with Crippen LogP contribution in [0.15, 0.2) is 78.3 Å². The van der Waals surface area contributed by atoms with Gasteiger partial charge in [-0.1, -0.05) is 65.9 Å². The summed E-state index contributed by atoms with van der Waals surface area (Å²) in [5.74, 6) is -0.277. The lowest BCUT2D eigenvalue weighted by Gasteiger charge is -2.17. The number of aliphatic hydroxyl groups is 1. The lowest BCUT2D eigenvalue weighted by molar-refractivity contribution is -0.121. The van der Waals surface area contributed by atoms with Gasteiger partial charge >= 0.3 is 0 Å². The molecule has 0 saturated heterocycles. The van der Waals surface area contributed by atoms with Crippen molar-refractivity contribution in [3.8, 4) is 0 Å². The Kier molecular flexibility index (Phi) is 13.9. The van der Waals surface area contributed by atoms with Gasteiger partial charge in [0.25, 0.3) is 0 Å². The fraction of sp³-hybridized carbons (Fsp3) is 0.382. The first-order valence-corrected chi connectivity index (χ1v) is 16.0. The molecular formula is C34H45N7O4S. The van der Waals surface area contributed by atoms with Crippen LogP contribution >= 0.6 is 11.3 Å². The van der Waals surface area contributed by atoms with E-state index in [2.05, 4.69) is 26.1 Å². The summed E-state index contributed by atoms with van der Waals surface area (Å²) in [6, 6.07) is 16.8. The normalized spacial score (nSPS) is 12.0. The molecule has 12 heteroatoms. The van der Waals surface area contributed by atoms with E-state index in [-0.39, 0.29) is 43.5 Å². The summed E-state index contributed by atoms with van der Waals surface area (Å²) in [4.78, 5) is 39.1. The van der Waals surface area contributed by atoms with Crippen molar-refractivity contribution in [2.45, 2.75) is 64.4 Å². The molecule has 0 aliphatic carbocycles. The molecule has 2 aromatic carbocycles. The topological polar surface area (TPSA) is 163 Å². The average molecular weight is 648 g/mol. The van der Waals surface area contributed by atoms with Gasteiger partial charge in [-0.05, 0) is 62.0 Å². The van der Waals surface area contributed by atoms with Crippen LogP contribution in [0.3, 0.4) is 0 Å². The number of nitrogens with two attached hydrogens (primary N) is 1. The number of nitrogens with zero attached hydrogens (tertiary/aromatic N) is 3. The number of allylic oxidation sites excluding steroid dienone is 3. The standard InChI is InChI=1S/C34H45N7O4S/c1-34(2,45)23-36-29(42)21-25-13-10-14-26(19-25)22-31(44)38-33-40-39-32(46-33)16-9-8-15-27(41(3)4)17-18-28(35)37-30(43)20-24-11-6-5-7-12-24/h5-7,10-14,17-19,45H,8-9,15-16,20-23,35H2,1-4H3,(H,36,42)(H,37,43)(H,38,40,44)/b27-17-,28-18+. The minimum absolute atomic E-state index is 0.142. The Labute approximate surface area is 275 Å². The van der Waals surface area contributed by atoms with E-state index in [1.807, 2.05) is 79.7 Å². The van der Waals surface area contributed by atoms with Gasteiger partial charge in [-0.25, -0.2) is 0 Å². The molecule has 11 nitrogen and oxygen atoms in total. The van der Waals surface area contributed by atoms with Crippen LogP contribution in [0.2, 0.25) is 0 Å². The monoisotopic (exact) mass is 647 g/mol. The number of anilines is 1. The number of rotatable bonds is 17. The molecule has 0 bridgehead atoms. The van der Waals surface area contributed by atoms with E-state index in [0.29, 0.717) is 11.0 Å². The van der Waals surface area contributed by atoms with Crippen LogP contribution in [0.25, 0.3) is 0 Å². The molecule has 0 unspecified atom stereocenters. The number of carbonyl (C=O) groups excluding carboxylic acids is 3. The lowest BCUT2D eigenvalue weighted by Crippen LogP contribution is -2.38. The fourth-order valence-corrected chi connectivity index (χ4v) is 5.22. The number of amides is 3. The van der Waals surface area contributed by atoms with Crippen molar-refractivity contribution in [3.05, 3.63) is 100.0 Å². The first-order chi connectivity index (χ1) is 21.9. The van der Waals surface area contributed by atoms with Gasteiger partial charge in [0.15, 0.2) is 0 Å². The summed E-state index contributed by atoms with van der Waals surface area (Å²) in [5.41, 5.74) is 8.62. The smallest absolute Gasteiger partial charge is 0.230 e. The van der Waals surface area contributed by atoms with Crippen LogP contribution in [-0.4, -0.2) is 64.2 Å². The molecule has 46 heavy (non-hydrogen) atoms. The van der Waals surface area contributed by atoms with Crippen LogP contribution in [0, 0.1) is 0 Å². The SMILES string of the molecule is CN(C)/C(=C\C=C(/N)NC(=O)Cc1ccccc1)CCCCc1nnc(NC(=O)Cc2cccc(CC(=O)NCC(C)(C)O)c2)s1. The van der Waals surface area contributed by atoms with Gasteiger partial charge in [0.05, 0.1) is 24.9 Å². The minimum atomic E-state index is -0.980. The van der Waals surface area contributed by atoms with E-state index < -0.39 is 5.60 Å². The number of aryl methyl sites for hydroxylation is 1. The van der Waals surface area contributed by atoms with Crippen LogP contribution in [0.4, 0.5) is 5.13 Å². The fourth-order valence-electron chi connectivity index (χ4n) is 4.42. The molecule has 6 N–H and O–H groups in total. The van der Waals surface area contributed by atoms with E-state index in [9.17, 15) is 19.5 Å². The second-order valence-electron chi connectivity index (χ2n) is 11.9. The van der Waals surface area contributed by atoms with Crippen molar-refractivity contribution in [1.82, 2.24) is 25.7 Å². The van der Waals surface area contributed by atoms with Gasteiger partial charge in [-0.2, -0.15) is 0 Å². The summed E-state index contributed by atoms with van der Waals surface area (Å²) in [6.07, 6.45) is 7.54. The number of hydrogen-bond donors (Lipinski definition) is 5. The van der Waals surface area contributed by atoms with Crippen molar-refractivity contribution in [3.63, 3.8) is 0 Å². The Bertz CT molecular complexity index is 1510. The van der Waals surface area contributed by atoms with E-state index in [4.69, 9.17) is 5.73 Å². The van der Waals surface area contributed by atoms with Crippen LogP contribution in [0.1, 0.15) is 54.8 Å². The van der Waals surface area contributed by atoms with Crippen molar-refractivity contribution in [1.29, 1.82) is 0 Å². The van der Waals surface area contributed by atoms with Crippen LogP contribution in [-0.2, 0) is 40.1 Å². The zero-order valence-corrected chi connectivity index (χ0v) is 27.8. The maximum Gasteiger partial charge on any atom is 0.230 e. The number of unbranched alkanes of at least 4 members (excludes halogenated alkanes) is 1. The third-order valence-electron chi connectivity index (χ3n) is 6.75.